The molecule has 0 bridgehead atoms. The third kappa shape index (κ3) is 2.09. The number of primary sulfonamides is 1. The normalized spacial score (nSPS) is 11.7. The van der Waals surface area contributed by atoms with Crippen LogP contribution in [-0.4, -0.2) is 13.6 Å². The van der Waals surface area contributed by atoms with Crippen molar-refractivity contribution in [3.05, 3.63) is 29.5 Å². The molecule has 7 heteroatoms. The quantitative estimate of drug-likeness (QED) is 0.793. The third-order valence-electron chi connectivity index (χ3n) is 2.72. The number of nitrogens with two attached hydrogens (primary N) is 2. The molecule has 1 heterocycles. The fourth-order valence-corrected chi connectivity index (χ4v) is 2.37. The number of hydrogen-bond donors (Lipinski definition) is 2. The number of benzene rings is 1. The minimum absolute atomic E-state index is 0.0203. The number of sulfonamides is 1. The Morgan fingerprint density at radius 3 is 2.44 bits per heavy atom. The zero-order valence-corrected chi connectivity index (χ0v) is 10.8. The molecule has 96 valence electrons. The van der Waals surface area contributed by atoms with Gasteiger partial charge in [-0.15, -0.1) is 0 Å². The first-order chi connectivity index (χ1) is 8.30. The van der Waals surface area contributed by atoms with Crippen LogP contribution in [0.1, 0.15) is 11.3 Å². The summed E-state index contributed by atoms with van der Waals surface area (Å²) in [6.07, 6.45) is 0. The van der Waals surface area contributed by atoms with E-state index in [9.17, 15) is 8.42 Å². The standard InChI is InChI=1S/C11H13N3O3S/c1-6-7(2)17-14-11(6)9-5-8(12)3-4-10(9)18(13,15)16/h3-5H,12H2,1-2H3,(H2,13,15,16). The molecule has 2 rings (SSSR count). The minimum atomic E-state index is -3.84. The summed E-state index contributed by atoms with van der Waals surface area (Å²) in [5.41, 5.74) is 7.64. The van der Waals surface area contributed by atoms with Gasteiger partial charge >= 0.3 is 0 Å². The fourth-order valence-electron chi connectivity index (χ4n) is 1.65. The minimum Gasteiger partial charge on any atom is -0.399 e. The highest BCUT2D eigenvalue weighted by Crippen LogP contribution is 2.31. The van der Waals surface area contributed by atoms with Crippen molar-refractivity contribution >= 4 is 15.7 Å². The number of anilines is 1. The largest absolute Gasteiger partial charge is 0.399 e. The van der Waals surface area contributed by atoms with Crippen LogP contribution >= 0.6 is 0 Å². The molecule has 6 nitrogen and oxygen atoms in total. The fraction of sp³-hybridized carbons (Fsp3) is 0.182. The first-order valence-electron chi connectivity index (χ1n) is 5.16. The van der Waals surface area contributed by atoms with Crippen molar-refractivity contribution in [3.63, 3.8) is 0 Å². The van der Waals surface area contributed by atoms with E-state index in [-0.39, 0.29) is 4.90 Å². The Morgan fingerprint density at radius 1 is 1.28 bits per heavy atom. The highest BCUT2D eigenvalue weighted by molar-refractivity contribution is 7.89. The van der Waals surface area contributed by atoms with Crippen LogP contribution in [0, 0.1) is 13.8 Å². The average molecular weight is 267 g/mol. The summed E-state index contributed by atoms with van der Waals surface area (Å²) < 4.78 is 28.1. The van der Waals surface area contributed by atoms with Gasteiger partial charge in [-0.25, -0.2) is 13.6 Å². The van der Waals surface area contributed by atoms with Crippen LogP contribution < -0.4 is 10.9 Å². The lowest BCUT2D eigenvalue weighted by Gasteiger charge is -2.06. The number of nitrogen functional groups attached to an aromatic ring is 1. The maximum absolute atomic E-state index is 11.5. The van der Waals surface area contributed by atoms with Crippen LogP contribution in [0.25, 0.3) is 11.3 Å². The molecular formula is C11H13N3O3S. The molecule has 1 aromatic heterocycles. The van der Waals surface area contributed by atoms with Gasteiger partial charge in [0.05, 0.1) is 4.90 Å². The van der Waals surface area contributed by atoms with Gasteiger partial charge in [0.2, 0.25) is 10.0 Å². The van der Waals surface area contributed by atoms with Crippen molar-refractivity contribution < 1.29 is 12.9 Å². The first-order valence-corrected chi connectivity index (χ1v) is 6.71. The molecule has 0 aliphatic heterocycles. The molecule has 4 N–H and O–H groups in total. The van der Waals surface area contributed by atoms with Crippen molar-refractivity contribution in [2.75, 3.05) is 5.73 Å². The second kappa shape index (κ2) is 4.11. The molecule has 18 heavy (non-hydrogen) atoms. The van der Waals surface area contributed by atoms with Crippen molar-refractivity contribution in [1.29, 1.82) is 0 Å². The van der Waals surface area contributed by atoms with Gasteiger partial charge in [-0.1, -0.05) is 5.16 Å². The topological polar surface area (TPSA) is 112 Å². The van der Waals surface area contributed by atoms with Crippen LogP contribution in [0.5, 0.6) is 0 Å². The molecule has 0 fully saturated rings. The summed E-state index contributed by atoms with van der Waals surface area (Å²) in [4.78, 5) is -0.0203. The number of aryl methyl sites for hydroxylation is 1. The molecule has 0 aliphatic carbocycles. The number of hydrogen-bond acceptors (Lipinski definition) is 5. The van der Waals surface area contributed by atoms with Gasteiger partial charge in [-0.3, -0.25) is 0 Å². The van der Waals surface area contributed by atoms with Crippen LogP contribution in [-0.2, 0) is 10.0 Å². The third-order valence-corrected chi connectivity index (χ3v) is 3.69. The van der Waals surface area contributed by atoms with E-state index in [4.69, 9.17) is 15.4 Å². The summed E-state index contributed by atoms with van der Waals surface area (Å²) in [7, 11) is -3.84. The summed E-state index contributed by atoms with van der Waals surface area (Å²) in [5, 5.41) is 9.03. The van der Waals surface area contributed by atoms with Crippen LogP contribution in [0.4, 0.5) is 5.69 Å². The maximum Gasteiger partial charge on any atom is 0.238 e. The van der Waals surface area contributed by atoms with Gasteiger partial charge in [-0.05, 0) is 32.0 Å². The molecule has 0 amide bonds. The number of rotatable bonds is 2. The van der Waals surface area contributed by atoms with E-state index in [2.05, 4.69) is 5.16 Å². The van der Waals surface area contributed by atoms with Crippen LogP contribution in [0.2, 0.25) is 0 Å². The van der Waals surface area contributed by atoms with Crippen LogP contribution in [0.15, 0.2) is 27.6 Å². The second-order valence-corrected chi connectivity index (χ2v) is 5.54. The molecule has 0 saturated heterocycles. The summed E-state index contributed by atoms with van der Waals surface area (Å²) in [6.45, 7) is 3.53. The summed E-state index contributed by atoms with van der Waals surface area (Å²) in [5.74, 6) is 0.618. The predicted octanol–water partition coefficient (Wildman–Crippen LogP) is 1.19. The Balaban J connectivity index is 2.78. The van der Waals surface area contributed by atoms with E-state index in [0.717, 1.165) is 5.56 Å². The predicted molar refractivity (Wildman–Crippen MR) is 67.2 cm³/mol. The lowest BCUT2D eigenvalue weighted by molar-refractivity contribution is 0.398. The molecule has 0 saturated carbocycles. The van der Waals surface area contributed by atoms with E-state index >= 15 is 0 Å². The summed E-state index contributed by atoms with van der Waals surface area (Å²) in [6, 6.07) is 4.36. The highest BCUT2D eigenvalue weighted by atomic mass is 32.2. The smallest absolute Gasteiger partial charge is 0.238 e. The second-order valence-electron chi connectivity index (χ2n) is 4.01. The van der Waals surface area contributed by atoms with Gasteiger partial charge in [-0.2, -0.15) is 0 Å². The molecule has 0 spiro atoms. The van der Waals surface area contributed by atoms with Gasteiger partial charge < -0.3 is 10.3 Å². The van der Waals surface area contributed by atoms with Crippen molar-refractivity contribution in [2.24, 2.45) is 5.14 Å². The lowest BCUT2D eigenvalue weighted by atomic mass is 10.1. The molecule has 0 radical (unpaired) electrons. The monoisotopic (exact) mass is 267 g/mol. The van der Waals surface area contributed by atoms with Gasteiger partial charge in [0.25, 0.3) is 0 Å². The Labute approximate surface area is 105 Å². The molecule has 2 aromatic rings. The molecule has 0 unspecified atom stereocenters. The molecule has 0 aliphatic rings. The van der Waals surface area contributed by atoms with Gasteiger partial charge in [0.1, 0.15) is 11.5 Å². The average Bonchev–Trinajstić information content (AvgIpc) is 2.58. The highest BCUT2D eigenvalue weighted by Gasteiger charge is 2.20. The van der Waals surface area contributed by atoms with Crippen molar-refractivity contribution in [1.82, 2.24) is 5.16 Å². The zero-order chi connectivity index (χ0) is 13.5. The van der Waals surface area contributed by atoms with E-state index in [1.54, 1.807) is 13.8 Å². The Kier molecular flexibility index (Phi) is 2.88. The Hall–Kier alpha value is -1.86. The van der Waals surface area contributed by atoms with Gasteiger partial charge in [0.15, 0.2) is 0 Å². The zero-order valence-electron chi connectivity index (χ0n) is 9.97. The lowest BCUT2D eigenvalue weighted by Crippen LogP contribution is -2.13. The Bertz CT molecular complexity index is 704. The summed E-state index contributed by atoms with van der Waals surface area (Å²) >= 11 is 0. The van der Waals surface area contributed by atoms with Gasteiger partial charge in [0, 0.05) is 16.8 Å². The molecule has 1 aromatic carbocycles. The van der Waals surface area contributed by atoms with Crippen molar-refractivity contribution in [3.8, 4) is 11.3 Å². The van der Waals surface area contributed by atoms with Crippen LogP contribution in [0.3, 0.4) is 0 Å². The first kappa shape index (κ1) is 12.6. The number of aromatic nitrogens is 1. The van der Waals surface area contributed by atoms with Crippen molar-refractivity contribution in [2.45, 2.75) is 18.7 Å². The Morgan fingerprint density at radius 2 is 1.94 bits per heavy atom. The number of nitrogens with zero attached hydrogens (tertiary/aromatic N) is 1. The van der Waals surface area contributed by atoms with E-state index in [0.29, 0.717) is 22.7 Å². The van der Waals surface area contributed by atoms with E-state index in [1.807, 2.05) is 0 Å². The molecule has 0 atom stereocenters. The maximum atomic E-state index is 11.5. The van der Waals surface area contributed by atoms with E-state index < -0.39 is 10.0 Å². The van der Waals surface area contributed by atoms with E-state index in [1.165, 1.54) is 18.2 Å². The molecular weight excluding hydrogens is 254 g/mol. The SMILES string of the molecule is Cc1onc(-c2cc(N)ccc2S(N)(=O)=O)c1C.